The second-order valence-electron chi connectivity index (χ2n) is 4.29. The number of hydrogen-bond donors (Lipinski definition) is 2. The van der Waals surface area contributed by atoms with Crippen LogP contribution in [0.3, 0.4) is 0 Å². The van der Waals surface area contributed by atoms with Crippen LogP contribution in [-0.2, 0) is 13.0 Å². The normalized spacial score (nSPS) is 10.3. The van der Waals surface area contributed by atoms with E-state index in [0.717, 1.165) is 0 Å². The molecule has 1 heterocycles. The number of nitrogens with two attached hydrogens (primary N) is 1. The quantitative estimate of drug-likeness (QED) is 0.490. The summed E-state index contributed by atoms with van der Waals surface area (Å²) in [6, 6.07) is 3.83. The van der Waals surface area contributed by atoms with Crippen LogP contribution in [0, 0.1) is 10.1 Å². The maximum absolute atomic E-state index is 12.0. The molecule has 0 aliphatic carbocycles. The van der Waals surface area contributed by atoms with E-state index in [4.69, 9.17) is 10.2 Å². The van der Waals surface area contributed by atoms with E-state index in [2.05, 4.69) is 10.3 Å². The number of amides is 1. The number of nitrogens with one attached hydrogen (secondary N) is 1. The fourth-order valence-electron chi connectivity index (χ4n) is 1.74. The highest BCUT2D eigenvalue weighted by Gasteiger charge is 2.20. The molecule has 21 heavy (non-hydrogen) atoms. The van der Waals surface area contributed by atoms with Crippen molar-refractivity contribution in [2.45, 2.75) is 19.9 Å². The molecule has 0 aliphatic rings. The lowest BCUT2D eigenvalue weighted by Gasteiger charge is -2.05. The molecule has 0 aliphatic heterocycles. The molecule has 0 unspecified atom stereocenters. The van der Waals surface area contributed by atoms with Crippen molar-refractivity contribution < 1.29 is 14.1 Å². The standard InChI is InChI=1S/C13H14N4O4/c1-2-9-6-15-12(21-9)7-16-13(18)10-5-8(14)3-4-11(10)17(19)20/h3-6H,2,7,14H2,1H3,(H,16,18). The van der Waals surface area contributed by atoms with E-state index in [9.17, 15) is 14.9 Å². The molecule has 0 spiro atoms. The van der Waals surface area contributed by atoms with Crippen molar-refractivity contribution >= 4 is 17.3 Å². The van der Waals surface area contributed by atoms with Crippen LogP contribution in [0.2, 0.25) is 0 Å². The number of anilines is 1. The third kappa shape index (κ3) is 3.35. The first-order chi connectivity index (χ1) is 10.0. The summed E-state index contributed by atoms with van der Waals surface area (Å²) in [6.45, 7) is 1.96. The molecule has 2 rings (SSSR count). The van der Waals surface area contributed by atoms with Gasteiger partial charge < -0.3 is 15.5 Å². The van der Waals surface area contributed by atoms with Crippen molar-refractivity contribution in [3.05, 3.63) is 51.7 Å². The highest BCUT2D eigenvalue weighted by atomic mass is 16.6. The lowest BCUT2D eigenvalue weighted by Crippen LogP contribution is -2.24. The number of nitrogen functional groups attached to an aromatic ring is 1. The zero-order valence-corrected chi connectivity index (χ0v) is 11.3. The Kier molecular flexibility index (Phi) is 4.17. The first-order valence-corrected chi connectivity index (χ1v) is 6.27. The van der Waals surface area contributed by atoms with Crippen molar-refractivity contribution in [3.8, 4) is 0 Å². The van der Waals surface area contributed by atoms with Crippen LogP contribution in [0.5, 0.6) is 0 Å². The first kappa shape index (κ1) is 14.5. The van der Waals surface area contributed by atoms with Gasteiger partial charge in [0.2, 0.25) is 5.89 Å². The van der Waals surface area contributed by atoms with Crippen molar-refractivity contribution in [1.29, 1.82) is 0 Å². The summed E-state index contributed by atoms with van der Waals surface area (Å²) in [5.74, 6) is 0.436. The number of aromatic nitrogens is 1. The molecule has 0 saturated heterocycles. The smallest absolute Gasteiger partial charge is 0.282 e. The van der Waals surface area contributed by atoms with E-state index in [-0.39, 0.29) is 23.5 Å². The Morgan fingerprint density at radius 2 is 2.29 bits per heavy atom. The number of aryl methyl sites for hydroxylation is 1. The highest BCUT2D eigenvalue weighted by molar-refractivity contribution is 5.98. The lowest BCUT2D eigenvalue weighted by molar-refractivity contribution is -0.385. The molecule has 8 heteroatoms. The van der Waals surface area contributed by atoms with Crippen molar-refractivity contribution in [3.63, 3.8) is 0 Å². The Hall–Kier alpha value is -2.90. The van der Waals surface area contributed by atoms with Gasteiger partial charge in [0.15, 0.2) is 0 Å². The molecule has 8 nitrogen and oxygen atoms in total. The van der Waals surface area contributed by atoms with Gasteiger partial charge in [-0.3, -0.25) is 14.9 Å². The van der Waals surface area contributed by atoms with Gasteiger partial charge in [0.05, 0.1) is 17.7 Å². The van der Waals surface area contributed by atoms with E-state index in [0.29, 0.717) is 18.1 Å². The van der Waals surface area contributed by atoms with Gasteiger partial charge in [-0.25, -0.2) is 4.98 Å². The van der Waals surface area contributed by atoms with Crippen LogP contribution in [0.15, 0.2) is 28.8 Å². The summed E-state index contributed by atoms with van der Waals surface area (Å²) in [6.07, 6.45) is 2.27. The molecule has 0 saturated carbocycles. The van der Waals surface area contributed by atoms with Crippen molar-refractivity contribution in [2.75, 3.05) is 5.73 Å². The lowest BCUT2D eigenvalue weighted by atomic mass is 10.1. The number of rotatable bonds is 5. The first-order valence-electron chi connectivity index (χ1n) is 6.27. The average molecular weight is 290 g/mol. The van der Waals surface area contributed by atoms with Crippen LogP contribution in [-0.4, -0.2) is 15.8 Å². The molecule has 110 valence electrons. The minimum absolute atomic E-state index is 0.0464. The van der Waals surface area contributed by atoms with Crippen LogP contribution in [0.1, 0.15) is 28.9 Å². The Labute approximate surface area is 120 Å². The molecule has 3 N–H and O–H groups in total. The largest absolute Gasteiger partial charge is 0.444 e. The summed E-state index contributed by atoms with van der Waals surface area (Å²) in [5, 5.41) is 13.4. The minimum atomic E-state index is -0.630. The van der Waals surface area contributed by atoms with Crippen LogP contribution in [0.25, 0.3) is 0 Å². The molecule has 0 atom stereocenters. The molecule has 0 radical (unpaired) electrons. The van der Waals surface area contributed by atoms with Gasteiger partial charge in [-0.05, 0) is 12.1 Å². The fraction of sp³-hybridized carbons (Fsp3) is 0.231. The maximum Gasteiger partial charge on any atom is 0.282 e. The summed E-state index contributed by atoms with van der Waals surface area (Å²) < 4.78 is 5.34. The Morgan fingerprint density at radius 1 is 1.52 bits per heavy atom. The monoisotopic (exact) mass is 290 g/mol. The number of oxazole rings is 1. The molecule has 1 amide bonds. The zero-order valence-electron chi connectivity index (χ0n) is 11.3. The number of nitro groups is 1. The van der Waals surface area contributed by atoms with Crippen LogP contribution in [0.4, 0.5) is 11.4 Å². The van der Waals surface area contributed by atoms with E-state index in [1.165, 1.54) is 18.2 Å². The van der Waals surface area contributed by atoms with Crippen molar-refractivity contribution in [1.82, 2.24) is 10.3 Å². The van der Waals surface area contributed by atoms with Gasteiger partial charge >= 0.3 is 0 Å². The fourth-order valence-corrected chi connectivity index (χ4v) is 1.74. The van der Waals surface area contributed by atoms with Gasteiger partial charge in [0, 0.05) is 18.2 Å². The molecule has 1 aromatic carbocycles. The topological polar surface area (TPSA) is 124 Å². The highest BCUT2D eigenvalue weighted by Crippen LogP contribution is 2.21. The van der Waals surface area contributed by atoms with Gasteiger partial charge in [-0.15, -0.1) is 0 Å². The van der Waals surface area contributed by atoms with Gasteiger partial charge in [-0.1, -0.05) is 6.92 Å². The summed E-state index contributed by atoms with van der Waals surface area (Å²) in [7, 11) is 0. The summed E-state index contributed by atoms with van der Waals surface area (Å²) >= 11 is 0. The second-order valence-corrected chi connectivity index (χ2v) is 4.29. The predicted molar refractivity (Wildman–Crippen MR) is 74.6 cm³/mol. The maximum atomic E-state index is 12.0. The third-order valence-corrected chi connectivity index (χ3v) is 2.81. The molecule has 2 aromatic rings. The summed E-state index contributed by atoms with van der Waals surface area (Å²) in [4.78, 5) is 26.3. The predicted octanol–water partition coefficient (Wildman–Crippen LogP) is 1.66. The number of carbonyl (C=O) groups is 1. The van der Waals surface area contributed by atoms with Crippen LogP contribution < -0.4 is 11.1 Å². The van der Waals surface area contributed by atoms with Crippen LogP contribution >= 0.6 is 0 Å². The number of carbonyl (C=O) groups excluding carboxylic acids is 1. The second kappa shape index (κ2) is 6.04. The molecule has 1 aromatic heterocycles. The summed E-state index contributed by atoms with van der Waals surface area (Å²) in [5.41, 5.74) is 5.44. The minimum Gasteiger partial charge on any atom is -0.444 e. The van der Waals surface area contributed by atoms with Gasteiger partial charge in [-0.2, -0.15) is 0 Å². The number of benzene rings is 1. The molecule has 0 bridgehead atoms. The van der Waals surface area contributed by atoms with Gasteiger partial charge in [0.1, 0.15) is 11.3 Å². The van der Waals surface area contributed by atoms with E-state index >= 15 is 0 Å². The Bertz CT molecular complexity index is 681. The van der Waals surface area contributed by atoms with E-state index in [1.807, 2.05) is 6.92 Å². The number of nitrogens with zero attached hydrogens (tertiary/aromatic N) is 2. The zero-order chi connectivity index (χ0) is 15.4. The number of hydrogen-bond acceptors (Lipinski definition) is 6. The third-order valence-electron chi connectivity index (χ3n) is 2.81. The van der Waals surface area contributed by atoms with E-state index < -0.39 is 10.8 Å². The SMILES string of the molecule is CCc1cnc(CNC(=O)c2cc(N)ccc2[N+](=O)[O-])o1. The van der Waals surface area contributed by atoms with E-state index in [1.54, 1.807) is 6.20 Å². The Morgan fingerprint density at radius 3 is 2.90 bits per heavy atom. The molecular weight excluding hydrogens is 276 g/mol. The average Bonchev–Trinajstić information content (AvgIpc) is 2.92. The molecule has 0 fully saturated rings. The number of nitro benzene ring substituents is 1. The van der Waals surface area contributed by atoms with Crippen molar-refractivity contribution in [2.24, 2.45) is 0 Å². The molecular formula is C13H14N4O4. The Balaban J connectivity index is 2.13. The van der Waals surface area contributed by atoms with Gasteiger partial charge in [0.25, 0.3) is 11.6 Å².